The predicted octanol–water partition coefficient (Wildman–Crippen LogP) is 4.14. The summed E-state index contributed by atoms with van der Waals surface area (Å²) in [6.45, 7) is 2.13. The van der Waals surface area contributed by atoms with E-state index in [0.29, 0.717) is 0 Å². The average molecular weight is 207 g/mol. The molecule has 16 heavy (non-hydrogen) atoms. The summed E-state index contributed by atoms with van der Waals surface area (Å²) in [6, 6.07) is 17.0. The SMILES string of the molecule is Cc1c[nH]c2cc(-c3ccccc3)ccc12. The van der Waals surface area contributed by atoms with Gasteiger partial charge in [0.1, 0.15) is 0 Å². The fourth-order valence-electron chi connectivity index (χ4n) is 2.08. The highest BCUT2D eigenvalue weighted by molar-refractivity contribution is 5.87. The largest absolute Gasteiger partial charge is 0.361 e. The molecule has 0 saturated heterocycles. The van der Waals surface area contributed by atoms with Crippen molar-refractivity contribution in [2.75, 3.05) is 0 Å². The molecule has 78 valence electrons. The molecule has 3 aromatic rings. The van der Waals surface area contributed by atoms with Gasteiger partial charge in [0, 0.05) is 17.1 Å². The van der Waals surface area contributed by atoms with E-state index in [2.05, 4.69) is 60.6 Å². The molecule has 0 aliphatic rings. The Morgan fingerprint density at radius 2 is 1.69 bits per heavy atom. The molecule has 1 N–H and O–H groups in total. The summed E-state index contributed by atoms with van der Waals surface area (Å²) in [6.07, 6.45) is 2.06. The van der Waals surface area contributed by atoms with E-state index < -0.39 is 0 Å². The lowest BCUT2D eigenvalue weighted by Crippen LogP contribution is -1.77. The summed E-state index contributed by atoms with van der Waals surface area (Å²) in [5, 5.41) is 1.31. The zero-order valence-electron chi connectivity index (χ0n) is 9.20. The molecule has 0 radical (unpaired) electrons. The molecule has 0 bridgehead atoms. The zero-order valence-corrected chi connectivity index (χ0v) is 9.20. The summed E-state index contributed by atoms with van der Waals surface area (Å²) in [4.78, 5) is 3.30. The minimum absolute atomic E-state index is 1.21. The highest BCUT2D eigenvalue weighted by atomic mass is 14.7. The van der Waals surface area contributed by atoms with Crippen LogP contribution in [0.4, 0.5) is 0 Å². The second-order valence-corrected chi connectivity index (χ2v) is 4.10. The Bertz CT molecular complexity index is 620. The third-order valence-corrected chi connectivity index (χ3v) is 3.00. The van der Waals surface area contributed by atoms with Gasteiger partial charge in [-0.15, -0.1) is 0 Å². The molecule has 0 unspecified atom stereocenters. The van der Waals surface area contributed by atoms with Crippen LogP contribution in [-0.4, -0.2) is 4.98 Å². The second-order valence-electron chi connectivity index (χ2n) is 4.10. The first-order valence-corrected chi connectivity index (χ1v) is 5.48. The number of aromatic nitrogens is 1. The van der Waals surface area contributed by atoms with Crippen LogP contribution in [0.5, 0.6) is 0 Å². The third-order valence-electron chi connectivity index (χ3n) is 3.00. The minimum atomic E-state index is 1.21. The van der Waals surface area contributed by atoms with E-state index in [1.165, 1.54) is 27.6 Å². The van der Waals surface area contributed by atoms with E-state index in [-0.39, 0.29) is 0 Å². The molecule has 0 aliphatic heterocycles. The lowest BCUT2D eigenvalue weighted by molar-refractivity contribution is 1.43. The topological polar surface area (TPSA) is 15.8 Å². The van der Waals surface area contributed by atoms with Crippen molar-refractivity contribution in [3.8, 4) is 11.1 Å². The number of rotatable bonds is 1. The highest BCUT2D eigenvalue weighted by Gasteiger charge is 2.01. The number of hydrogen-bond donors (Lipinski definition) is 1. The minimum Gasteiger partial charge on any atom is -0.361 e. The van der Waals surface area contributed by atoms with Crippen molar-refractivity contribution >= 4 is 10.9 Å². The van der Waals surface area contributed by atoms with Crippen molar-refractivity contribution in [3.05, 3.63) is 60.3 Å². The number of H-pyrrole nitrogens is 1. The van der Waals surface area contributed by atoms with Crippen LogP contribution in [-0.2, 0) is 0 Å². The van der Waals surface area contributed by atoms with Gasteiger partial charge in [0.25, 0.3) is 0 Å². The van der Waals surface area contributed by atoms with Crippen LogP contribution in [0.3, 0.4) is 0 Å². The monoisotopic (exact) mass is 207 g/mol. The van der Waals surface area contributed by atoms with Gasteiger partial charge in [-0.2, -0.15) is 0 Å². The van der Waals surface area contributed by atoms with Gasteiger partial charge in [-0.3, -0.25) is 0 Å². The maximum atomic E-state index is 3.30. The van der Waals surface area contributed by atoms with Crippen molar-refractivity contribution < 1.29 is 0 Å². The summed E-state index contributed by atoms with van der Waals surface area (Å²) >= 11 is 0. The fraction of sp³-hybridized carbons (Fsp3) is 0.0667. The van der Waals surface area contributed by atoms with E-state index in [4.69, 9.17) is 0 Å². The molecule has 1 heteroatoms. The van der Waals surface area contributed by atoms with Crippen LogP contribution in [0.15, 0.2) is 54.7 Å². The Balaban J connectivity index is 2.19. The van der Waals surface area contributed by atoms with Gasteiger partial charge in [0.05, 0.1) is 0 Å². The molecule has 1 heterocycles. The maximum absolute atomic E-state index is 3.30. The summed E-state index contributed by atoms with van der Waals surface area (Å²) < 4.78 is 0. The quantitative estimate of drug-likeness (QED) is 0.617. The summed E-state index contributed by atoms with van der Waals surface area (Å²) in [7, 11) is 0. The molecule has 0 spiro atoms. The smallest absolute Gasteiger partial charge is 0.0462 e. The van der Waals surface area contributed by atoms with Crippen molar-refractivity contribution in [3.63, 3.8) is 0 Å². The van der Waals surface area contributed by atoms with Crippen molar-refractivity contribution in [1.82, 2.24) is 4.98 Å². The Labute approximate surface area is 94.7 Å². The molecule has 0 saturated carbocycles. The molecule has 3 rings (SSSR count). The van der Waals surface area contributed by atoms with E-state index in [9.17, 15) is 0 Å². The average Bonchev–Trinajstić information content (AvgIpc) is 2.72. The Morgan fingerprint density at radius 1 is 0.875 bits per heavy atom. The molecule has 2 aromatic carbocycles. The van der Waals surface area contributed by atoms with Crippen LogP contribution in [0.1, 0.15) is 5.56 Å². The number of nitrogens with one attached hydrogen (secondary N) is 1. The standard InChI is InChI=1S/C15H13N/c1-11-10-16-15-9-13(7-8-14(11)15)12-5-3-2-4-6-12/h2-10,16H,1H3. The first-order valence-electron chi connectivity index (χ1n) is 5.48. The highest BCUT2D eigenvalue weighted by Crippen LogP contribution is 2.25. The van der Waals surface area contributed by atoms with Crippen LogP contribution in [0, 0.1) is 6.92 Å². The van der Waals surface area contributed by atoms with Gasteiger partial charge in [0.15, 0.2) is 0 Å². The lowest BCUT2D eigenvalue weighted by Gasteiger charge is -2.01. The predicted molar refractivity (Wildman–Crippen MR) is 68.5 cm³/mol. The van der Waals surface area contributed by atoms with E-state index in [1.54, 1.807) is 0 Å². The van der Waals surface area contributed by atoms with E-state index in [0.717, 1.165) is 0 Å². The van der Waals surface area contributed by atoms with Crippen LogP contribution >= 0.6 is 0 Å². The molecule has 0 aliphatic carbocycles. The number of aromatic amines is 1. The van der Waals surface area contributed by atoms with Gasteiger partial charge in [-0.25, -0.2) is 0 Å². The zero-order chi connectivity index (χ0) is 11.0. The van der Waals surface area contributed by atoms with E-state index >= 15 is 0 Å². The molecule has 1 nitrogen and oxygen atoms in total. The molecule has 0 fully saturated rings. The summed E-state index contributed by atoms with van der Waals surface area (Å²) in [5.74, 6) is 0. The van der Waals surface area contributed by atoms with Gasteiger partial charge in [-0.05, 0) is 29.7 Å². The number of benzene rings is 2. The van der Waals surface area contributed by atoms with E-state index in [1.807, 2.05) is 6.07 Å². The Kier molecular flexibility index (Phi) is 2.03. The fourth-order valence-corrected chi connectivity index (χ4v) is 2.08. The van der Waals surface area contributed by atoms with Gasteiger partial charge >= 0.3 is 0 Å². The van der Waals surface area contributed by atoms with Gasteiger partial charge < -0.3 is 4.98 Å². The third kappa shape index (κ3) is 1.41. The summed E-state index contributed by atoms with van der Waals surface area (Å²) in [5.41, 5.74) is 5.03. The van der Waals surface area contributed by atoms with Crippen LogP contribution < -0.4 is 0 Å². The number of aryl methyl sites for hydroxylation is 1. The normalized spacial score (nSPS) is 10.8. The lowest BCUT2D eigenvalue weighted by atomic mass is 10.0. The maximum Gasteiger partial charge on any atom is 0.0462 e. The van der Waals surface area contributed by atoms with Crippen LogP contribution in [0.25, 0.3) is 22.0 Å². The van der Waals surface area contributed by atoms with Crippen molar-refractivity contribution in [1.29, 1.82) is 0 Å². The Morgan fingerprint density at radius 3 is 2.50 bits per heavy atom. The molecular weight excluding hydrogens is 194 g/mol. The first-order chi connectivity index (χ1) is 7.84. The van der Waals surface area contributed by atoms with Crippen molar-refractivity contribution in [2.24, 2.45) is 0 Å². The molecular formula is C15H13N. The Hall–Kier alpha value is -2.02. The van der Waals surface area contributed by atoms with Gasteiger partial charge in [-0.1, -0.05) is 42.5 Å². The van der Waals surface area contributed by atoms with Crippen molar-refractivity contribution in [2.45, 2.75) is 6.92 Å². The number of hydrogen-bond acceptors (Lipinski definition) is 0. The number of fused-ring (bicyclic) bond motifs is 1. The molecule has 1 aromatic heterocycles. The molecule has 0 atom stereocenters. The van der Waals surface area contributed by atoms with Gasteiger partial charge in [0.2, 0.25) is 0 Å². The first kappa shape index (κ1) is 9.22. The second kappa shape index (κ2) is 3.53. The van der Waals surface area contributed by atoms with Crippen LogP contribution in [0.2, 0.25) is 0 Å². The molecule has 0 amide bonds.